The van der Waals surface area contributed by atoms with E-state index in [9.17, 15) is 19.8 Å². The first-order valence-corrected chi connectivity index (χ1v) is 32.9. The van der Waals surface area contributed by atoms with Gasteiger partial charge in [-0.25, -0.2) is 0 Å². The fourth-order valence-electron chi connectivity index (χ4n) is 10.5. The standard InChI is InChI=1S/C66H129NO5/c1-3-5-7-9-11-13-15-17-18-19-30-33-36-40-44-48-52-56-60-66(71)72-61-57-53-49-45-41-37-34-31-28-26-24-22-20-21-23-25-27-29-32-35-39-43-47-51-55-59-65(70)67-63(62-68)64(69)58-54-50-46-42-38-16-14-12-10-8-6-4-2/h18-19,63-64,68-69H,3-17,20-62H2,1-2H3,(H,67,70)/b19-18-. The van der Waals surface area contributed by atoms with Crippen molar-refractivity contribution in [2.45, 2.75) is 386 Å². The molecule has 428 valence electrons. The van der Waals surface area contributed by atoms with E-state index in [1.807, 2.05) is 0 Å². The molecule has 0 radical (unpaired) electrons. The number of esters is 1. The van der Waals surface area contributed by atoms with Crippen molar-refractivity contribution >= 4 is 11.9 Å². The Labute approximate surface area is 450 Å². The fraction of sp³-hybridized carbons (Fsp3) is 0.939. The molecule has 0 aliphatic heterocycles. The Morgan fingerprint density at radius 2 is 0.653 bits per heavy atom. The average Bonchev–Trinajstić information content (AvgIpc) is 3.38. The van der Waals surface area contributed by atoms with Crippen molar-refractivity contribution < 1.29 is 24.5 Å². The number of aliphatic hydroxyl groups excluding tert-OH is 2. The molecule has 0 fully saturated rings. The summed E-state index contributed by atoms with van der Waals surface area (Å²) in [4.78, 5) is 24.6. The molecule has 0 aromatic heterocycles. The van der Waals surface area contributed by atoms with Crippen molar-refractivity contribution in [2.75, 3.05) is 13.2 Å². The number of aliphatic hydroxyl groups is 2. The maximum atomic E-state index is 12.5. The van der Waals surface area contributed by atoms with E-state index in [2.05, 4.69) is 31.3 Å². The van der Waals surface area contributed by atoms with E-state index in [4.69, 9.17) is 4.74 Å². The minimum absolute atomic E-state index is 0.0143. The van der Waals surface area contributed by atoms with Crippen LogP contribution in [0.25, 0.3) is 0 Å². The van der Waals surface area contributed by atoms with Crippen LogP contribution in [-0.2, 0) is 14.3 Å². The van der Waals surface area contributed by atoms with Crippen molar-refractivity contribution in [1.82, 2.24) is 5.32 Å². The number of ether oxygens (including phenoxy) is 1. The predicted octanol–water partition coefficient (Wildman–Crippen LogP) is 20.8. The summed E-state index contributed by atoms with van der Waals surface area (Å²) in [6.07, 6.45) is 75.3. The summed E-state index contributed by atoms with van der Waals surface area (Å²) in [6, 6.07) is -0.538. The van der Waals surface area contributed by atoms with E-state index >= 15 is 0 Å². The molecule has 0 bridgehead atoms. The molecule has 0 spiro atoms. The van der Waals surface area contributed by atoms with Crippen LogP contribution in [0.3, 0.4) is 0 Å². The van der Waals surface area contributed by atoms with E-state index in [1.165, 1.54) is 295 Å². The van der Waals surface area contributed by atoms with Crippen molar-refractivity contribution in [3.05, 3.63) is 12.2 Å². The number of nitrogens with one attached hydrogen (secondary N) is 1. The minimum atomic E-state index is -0.661. The highest BCUT2D eigenvalue weighted by atomic mass is 16.5. The zero-order valence-electron chi connectivity index (χ0n) is 48.9. The molecule has 0 heterocycles. The number of hydrogen-bond donors (Lipinski definition) is 3. The molecular weight excluding hydrogens is 887 g/mol. The summed E-state index contributed by atoms with van der Waals surface area (Å²) in [5.74, 6) is -0.0175. The second-order valence-electron chi connectivity index (χ2n) is 22.8. The largest absolute Gasteiger partial charge is 0.466 e. The molecule has 0 saturated heterocycles. The smallest absolute Gasteiger partial charge is 0.305 e. The molecule has 0 rings (SSSR count). The van der Waals surface area contributed by atoms with Gasteiger partial charge in [0.05, 0.1) is 25.4 Å². The van der Waals surface area contributed by atoms with Crippen LogP contribution >= 0.6 is 0 Å². The van der Waals surface area contributed by atoms with Crippen LogP contribution in [0.1, 0.15) is 373 Å². The maximum Gasteiger partial charge on any atom is 0.305 e. The van der Waals surface area contributed by atoms with Crippen LogP contribution in [0.4, 0.5) is 0 Å². The van der Waals surface area contributed by atoms with E-state index < -0.39 is 12.1 Å². The van der Waals surface area contributed by atoms with Gasteiger partial charge >= 0.3 is 5.97 Å². The first-order chi connectivity index (χ1) is 35.5. The quantitative estimate of drug-likeness (QED) is 0.0320. The average molecular weight is 1020 g/mol. The number of hydrogen-bond acceptors (Lipinski definition) is 5. The second-order valence-corrected chi connectivity index (χ2v) is 22.8. The monoisotopic (exact) mass is 1020 g/mol. The number of unbranched alkanes of at least 4 members (excludes halogenated alkanes) is 49. The molecule has 2 atom stereocenters. The summed E-state index contributed by atoms with van der Waals surface area (Å²) in [7, 11) is 0. The molecule has 6 nitrogen and oxygen atoms in total. The van der Waals surface area contributed by atoms with Crippen LogP contribution in [0.2, 0.25) is 0 Å². The van der Waals surface area contributed by atoms with Crippen LogP contribution in [0, 0.1) is 0 Å². The topological polar surface area (TPSA) is 95.9 Å². The number of rotatable bonds is 62. The van der Waals surface area contributed by atoms with Crippen LogP contribution in [0.5, 0.6) is 0 Å². The van der Waals surface area contributed by atoms with E-state index in [0.717, 1.165) is 44.9 Å². The Bertz CT molecular complexity index is 1080. The third-order valence-corrected chi connectivity index (χ3v) is 15.6. The van der Waals surface area contributed by atoms with Crippen LogP contribution < -0.4 is 5.32 Å². The highest BCUT2D eigenvalue weighted by molar-refractivity contribution is 5.76. The van der Waals surface area contributed by atoms with Gasteiger partial charge in [-0.15, -0.1) is 0 Å². The number of carbonyl (C=O) groups excluding carboxylic acids is 2. The van der Waals surface area contributed by atoms with Gasteiger partial charge in [-0.3, -0.25) is 9.59 Å². The fourth-order valence-corrected chi connectivity index (χ4v) is 10.5. The normalized spacial score (nSPS) is 12.6. The van der Waals surface area contributed by atoms with Gasteiger partial charge in [-0.2, -0.15) is 0 Å². The van der Waals surface area contributed by atoms with Gasteiger partial charge in [0.2, 0.25) is 5.91 Å². The number of carbonyl (C=O) groups is 2. The second kappa shape index (κ2) is 62.1. The van der Waals surface area contributed by atoms with Gasteiger partial charge in [0, 0.05) is 12.8 Å². The van der Waals surface area contributed by atoms with Gasteiger partial charge in [-0.05, 0) is 51.4 Å². The Balaban J connectivity index is 3.32. The van der Waals surface area contributed by atoms with E-state index in [-0.39, 0.29) is 18.5 Å². The summed E-state index contributed by atoms with van der Waals surface area (Å²) < 4.78 is 5.50. The lowest BCUT2D eigenvalue weighted by atomic mass is 10.0. The third kappa shape index (κ3) is 57.9. The van der Waals surface area contributed by atoms with E-state index in [1.54, 1.807) is 0 Å². The molecule has 0 aromatic carbocycles. The number of amides is 1. The summed E-state index contributed by atoms with van der Waals surface area (Å²) in [5, 5.41) is 23.2. The van der Waals surface area contributed by atoms with Gasteiger partial charge in [0.15, 0.2) is 0 Å². The van der Waals surface area contributed by atoms with Gasteiger partial charge in [0.25, 0.3) is 0 Å². The van der Waals surface area contributed by atoms with Crippen molar-refractivity contribution in [1.29, 1.82) is 0 Å². The Morgan fingerprint density at radius 1 is 0.375 bits per heavy atom. The Hall–Kier alpha value is -1.40. The van der Waals surface area contributed by atoms with Crippen LogP contribution in [0.15, 0.2) is 12.2 Å². The summed E-state index contributed by atoms with van der Waals surface area (Å²) in [6.45, 7) is 4.97. The minimum Gasteiger partial charge on any atom is -0.466 e. The molecule has 0 aliphatic carbocycles. The predicted molar refractivity (Wildman–Crippen MR) is 315 cm³/mol. The first-order valence-electron chi connectivity index (χ1n) is 32.9. The highest BCUT2D eigenvalue weighted by Crippen LogP contribution is 2.19. The lowest BCUT2D eigenvalue weighted by Crippen LogP contribution is -2.45. The summed E-state index contributed by atoms with van der Waals surface area (Å²) >= 11 is 0. The van der Waals surface area contributed by atoms with Gasteiger partial charge in [-0.1, -0.05) is 321 Å². The molecular formula is C66H129NO5. The first kappa shape index (κ1) is 70.6. The SMILES string of the molecule is CCCCCCCCC/C=C\CCCCCCCCCC(=O)OCCCCCCCCCCCCCCCCCCCCCCCCCCCC(=O)NC(CO)C(O)CCCCCCCCCCCCCC. The van der Waals surface area contributed by atoms with Crippen molar-refractivity contribution in [3.8, 4) is 0 Å². The molecule has 2 unspecified atom stereocenters. The molecule has 6 heteroatoms. The van der Waals surface area contributed by atoms with Gasteiger partial charge in [0.1, 0.15) is 0 Å². The Kier molecular flexibility index (Phi) is 60.9. The molecule has 1 amide bonds. The molecule has 72 heavy (non-hydrogen) atoms. The molecule has 0 aliphatic rings. The highest BCUT2D eigenvalue weighted by Gasteiger charge is 2.20. The van der Waals surface area contributed by atoms with Crippen LogP contribution in [-0.4, -0.2) is 47.4 Å². The molecule has 0 aromatic rings. The third-order valence-electron chi connectivity index (χ3n) is 15.6. The lowest BCUT2D eigenvalue weighted by Gasteiger charge is -2.22. The maximum absolute atomic E-state index is 12.5. The molecule has 3 N–H and O–H groups in total. The zero-order valence-corrected chi connectivity index (χ0v) is 48.9. The summed E-state index contributed by atoms with van der Waals surface area (Å²) in [5.41, 5.74) is 0. The van der Waals surface area contributed by atoms with E-state index in [0.29, 0.717) is 25.9 Å². The Morgan fingerprint density at radius 3 is 0.986 bits per heavy atom. The van der Waals surface area contributed by atoms with Crippen molar-refractivity contribution in [2.24, 2.45) is 0 Å². The van der Waals surface area contributed by atoms with Crippen molar-refractivity contribution in [3.63, 3.8) is 0 Å². The van der Waals surface area contributed by atoms with Gasteiger partial charge < -0.3 is 20.3 Å². The zero-order chi connectivity index (χ0) is 52.2. The number of allylic oxidation sites excluding steroid dienone is 2. The molecule has 0 saturated carbocycles. The lowest BCUT2D eigenvalue weighted by molar-refractivity contribution is -0.143.